The molecule has 1 aliphatic heterocycles. The number of hydrogen-bond acceptors (Lipinski definition) is 5. The molecule has 2 atom stereocenters. The summed E-state index contributed by atoms with van der Waals surface area (Å²) in [5, 5.41) is 0. The maximum atomic E-state index is 12.5. The van der Waals surface area contributed by atoms with Gasteiger partial charge in [0.1, 0.15) is 11.6 Å². The van der Waals surface area contributed by atoms with Crippen molar-refractivity contribution in [2.45, 2.75) is 71.6 Å². The summed E-state index contributed by atoms with van der Waals surface area (Å²) in [6.07, 6.45) is 2.26. The minimum atomic E-state index is -0.581. The predicted octanol–water partition coefficient (Wildman–Crippen LogP) is 2.66. The minimum Gasteiger partial charge on any atom is -0.467 e. The van der Waals surface area contributed by atoms with Gasteiger partial charge in [0.25, 0.3) is 0 Å². The number of rotatable bonds is 6. The summed E-state index contributed by atoms with van der Waals surface area (Å²) in [5.74, 6) is -0.369. The summed E-state index contributed by atoms with van der Waals surface area (Å²) in [5.41, 5.74) is -0.581. The fraction of sp³-hybridized carbons (Fsp3) is 0.882. The molecule has 134 valence electrons. The SMILES string of the molecule is CCCN(CCC)[C@@H]1C[C@@H](C(=O)OC)N(C(=O)OC(C)(C)C)C1. The Hall–Kier alpha value is -1.30. The van der Waals surface area contributed by atoms with Crippen molar-refractivity contribution in [3.8, 4) is 0 Å². The Labute approximate surface area is 140 Å². The summed E-state index contributed by atoms with van der Waals surface area (Å²) in [6.45, 7) is 12.2. The lowest BCUT2D eigenvalue weighted by Gasteiger charge is -2.29. The van der Waals surface area contributed by atoms with Gasteiger partial charge in [0.15, 0.2) is 0 Å². The average Bonchev–Trinajstić information content (AvgIpc) is 2.89. The van der Waals surface area contributed by atoms with Crippen LogP contribution in [0.4, 0.5) is 4.79 Å². The Morgan fingerprint density at radius 3 is 2.17 bits per heavy atom. The van der Waals surface area contributed by atoms with Crippen LogP contribution in [0.2, 0.25) is 0 Å². The van der Waals surface area contributed by atoms with Gasteiger partial charge in [0, 0.05) is 12.6 Å². The van der Waals surface area contributed by atoms with Crippen LogP contribution in [-0.2, 0) is 14.3 Å². The highest BCUT2D eigenvalue weighted by molar-refractivity contribution is 5.82. The monoisotopic (exact) mass is 328 g/mol. The number of hydrogen-bond donors (Lipinski definition) is 0. The summed E-state index contributed by atoms with van der Waals surface area (Å²) in [4.78, 5) is 28.4. The molecule has 1 amide bonds. The van der Waals surface area contributed by atoms with Gasteiger partial charge in [-0.15, -0.1) is 0 Å². The van der Waals surface area contributed by atoms with Gasteiger partial charge in [-0.05, 0) is 53.1 Å². The van der Waals surface area contributed by atoms with Crippen LogP contribution in [0.15, 0.2) is 0 Å². The second kappa shape index (κ2) is 8.52. The molecule has 1 heterocycles. The first-order chi connectivity index (χ1) is 10.7. The van der Waals surface area contributed by atoms with Crippen LogP contribution >= 0.6 is 0 Å². The number of likely N-dealkylation sites (tertiary alicyclic amines) is 1. The number of ether oxygens (including phenoxy) is 2. The van der Waals surface area contributed by atoms with E-state index in [2.05, 4.69) is 18.7 Å². The van der Waals surface area contributed by atoms with Gasteiger partial charge in [-0.1, -0.05) is 13.8 Å². The van der Waals surface area contributed by atoms with Gasteiger partial charge in [-0.2, -0.15) is 0 Å². The molecule has 0 spiro atoms. The lowest BCUT2D eigenvalue weighted by molar-refractivity contribution is -0.145. The number of carbonyl (C=O) groups excluding carboxylic acids is 2. The van der Waals surface area contributed by atoms with Crippen molar-refractivity contribution >= 4 is 12.1 Å². The molecule has 0 aromatic heterocycles. The van der Waals surface area contributed by atoms with E-state index in [1.54, 1.807) is 0 Å². The zero-order chi connectivity index (χ0) is 17.6. The second-order valence-corrected chi connectivity index (χ2v) is 7.10. The van der Waals surface area contributed by atoms with Crippen molar-refractivity contribution in [1.29, 1.82) is 0 Å². The largest absolute Gasteiger partial charge is 0.467 e. The molecule has 0 aromatic carbocycles. The number of carbonyl (C=O) groups is 2. The van der Waals surface area contributed by atoms with Gasteiger partial charge in [-0.3, -0.25) is 9.80 Å². The van der Waals surface area contributed by atoms with Gasteiger partial charge >= 0.3 is 12.1 Å². The van der Waals surface area contributed by atoms with Crippen molar-refractivity contribution < 1.29 is 19.1 Å². The second-order valence-electron chi connectivity index (χ2n) is 7.10. The van der Waals surface area contributed by atoms with E-state index in [0.717, 1.165) is 25.9 Å². The molecule has 1 saturated heterocycles. The molecule has 0 radical (unpaired) electrons. The first-order valence-electron chi connectivity index (χ1n) is 8.55. The van der Waals surface area contributed by atoms with E-state index < -0.39 is 17.7 Å². The molecule has 0 saturated carbocycles. The standard InChI is InChI=1S/C17H32N2O4/c1-7-9-18(10-8-2)13-11-14(15(20)22-6)19(12-13)16(21)23-17(3,4)5/h13-14H,7-12H2,1-6H3/t13-,14+/m1/s1. The van der Waals surface area contributed by atoms with E-state index in [4.69, 9.17) is 9.47 Å². The van der Waals surface area contributed by atoms with Crippen molar-refractivity contribution in [2.75, 3.05) is 26.7 Å². The lowest BCUT2D eigenvalue weighted by Crippen LogP contribution is -2.44. The fourth-order valence-corrected chi connectivity index (χ4v) is 3.01. The minimum absolute atomic E-state index is 0.173. The third kappa shape index (κ3) is 5.68. The highest BCUT2D eigenvalue weighted by atomic mass is 16.6. The van der Waals surface area contributed by atoms with Crippen LogP contribution in [-0.4, -0.2) is 66.3 Å². The highest BCUT2D eigenvalue weighted by Crippen LogP contribution is 2.26. The summed E-state index contributed by atoms with van der Waals surface area (Å²) < 4.78 is 10.3. The third-order valence-electron chi connectivity index (χ3n) is 3.92. The zero-order valence-electron chi connectivity index (χ0n) is 15.4. The smallest absolute Gasteiger partial charge is 0.411 e. The van der Waals surface area contributed by atoms with Gasteiger partial charge in [-0.25, -0.2) is 9.59 Å². The van der Waals surface area contributed by atoms with Crippen molar-refractivity contribution in [3.63, 3.8) is 0 Å². The van der Waals surface area contributed by atoms with E-state index >= 15 is 0 Å². The molecule has 0 aliphatic carbocycles. The molecule has 0 bridgehead atoms. The van der Waals surface area contributed by atoms with Crippen LogP contribution in [0.25, 0.3) is 0 Å². The molecule has 0 unspecified atom stereocenters. The van der Waals surface area contributed by atoms with Gasteiger partial charge < -0.3 is 9.47 Å². The average molecular weight is 328 g/mol. The van der Waals surface area contributed by atoms with Crippen LogP contribution in [0.3, 0.4) is 0 Å². The van der Waals surface area contributed by atoms with Gasteiger partial charge in [0.05, 0.1) is 7.11 Å². The molecule has 0 N–H and O–H groups in total. The molecule has 0 aromatic rings. The first-order valence-corrected chi connectivity index (χ1v) is 8.55. The number of amides is 1. The van der Waals surface area contributed by atoms with E-state index in [0.29, 0.717) is 13.0 Å². The molecule has 23 heavy (non-hydrogen) atoms. The molecule has 6 nitrogen and oxygen atoms in total. The number of esters is 1. The first kappa shape index (κ1) is 19.7. The third-order valence-corrected chi connectivity index (χ3v) is 3.92. The normalized spacial score (nSPS) is 21.6. The molecular weight excluding hydrogens is 296 g/mol. The van der Waals surface area contributed by atoms with Gasteiger partial charge in [0.2, 0.25) is 0 Å². The van der Waals surface area contributed by atoms with E-state index in [1.165, 1.54) is 12.0 Å². The Morgan fingerprint density at radius 2 is 1.74 bits per heavy atom. The molecule has 1 rings (SSSR count). The Kier molecular flexibility index (Phi) is 7.32. The molecule has 1 aliphatic rings. The summed E-state index contributed by atoms with van der Waals surface area (Å²) in [6, 6.07) is -0.386. The lowest BCUT2D eigenvalue weighted by atomic mass is 10.1. The van der Waals surface area contributed by atoms with E-state index in [-0.39, 0.29) is 12.0 Å². The predicted molar refractivity (Wildman–Crippen MR) is 89.3 cm³/mol. The Bertz CT molecular complexity index is 400. The zero-order valence-corrected chi connectivity index (χ0v) is 15.4. The number of methoxy groups -OCH3 is 1. The highest BCUT2D eigenvalue weighted by Gasteiger charge is 2.43. The summed E-state index contributed by atoms with van der Waals surface area (Å²) >= 11 is 0. The van der Waals surface area contributed by atoms with Crippen molar-refractivity contribution in [1.82, 2.24) is 9.80 Å². The Balaban J connectivity index is 2.89. The topological polar surface area (TPSA) is 59.1 Å². The van der Waals surface area contributed by atoms with Crippen molar-refractivity contribution in [2.24, 2.45) is 0 Å². The molecular formula is C17H32N2O4. The van der Waals surface area contributed by atoms with Crippen LogP contribution in [0.1, 0.15) is 53.9 Å². The summed E-state index contributed by atoms with van der Waals surface area (Å²) in [7, 11) is 1.36. The quantitative estimate of drug-likeness (QED) is 0.702. The van der Waals surface area contributed by atoms with E-state index in [9.17, 15) is 9.59 Å². The maximum absolute atomic E-state index is 12.5. The van der Waals surface area contributed by atoms with E-state index in [1.807, 2.05) is 20.8 Å². The van der Waals surface area contributed by atoms with Crippen molar-refractivity contribution in [3.05, 3.63) is 0 Å². The van der Waals surface area contributed by atoms with Crippen LogP contribution in [0.5, 0.6) is 0 Å². The van der Waals surface area contributed by atoms with Crippen LogP contribution in [0, 0.1) is 0 Å². The maximum Gasteiger partial charge on any atom is 0.411 e. The molecule has 6 heteroatoms. The Morgan fingerprint density at radius 1 is 1.17 bits per heavy atom. The fourth-order valence-electron chi connectivity index (χ4n) is 3.01. The molecule has 1 fully saturated rings. The van der Waals surface area contributed by atoms with Crippen LogP contribution < -0.4 is 0 Å². The number of nitrogens with zero attached hydrogens (tertiary/aromatic N) is 2.